The number of esters is 1. The van der Waals surface area contributed by atoms with Crippen LogP contribution >= 0.6 is 11.6 Å². The van der Waals surface area contributed by atoms with Gasteiger partial charge in [0.15, 0.2) is 0 Å². The van der Waals surface area contributed by atoms with Crippen molar-refractivity contribution in [2.75, 3.05) is 25.0 Å². The third-order valence-corrected chi connectivity index (χ3v) is 9.11. The molecule has 12 nitrogen and oxygen atoms in total. The minimum atomic E-state index is -0.944. The number of anilines is 1. The van der Waals surface area contributed by atoms with Crippen LogP contribution in [0.25, 0.3) is 11.8 Å². The van der Waals surface area contributed by atoms with E-state index in [2.05, 4.69) is 26.2 Å². The number of rotatable bonds is 9. The summed E-state index contributed by atoms with van der Waals surface area (Å²) in [7, 11) is 0. The summed E-state index contributed by atoms with van der Waals surface area (Å²) >= 11 is 6.35. The zero-order chi connectivity index (χ0) is 36.0. The summed E-state index contributed by atoms with van der Waals surface area (Å²) in [6.45, 7) is 7.34. The summed E-state index contributed by atoms with van der Waals surface area (Å²) in [4.78, 5) is 42.9. The van der Waals surface area contributed by atoms with Crippen LogP contribution in [0.3, 0.4) is 0 Å². The summed E-state index contributed by atoms with van der Waals surface area (Å²) in [5.41, 5.74) is 2.51. The molecular weight excluding hydrogens is 670 g/mol. The number of nitrogens with one attached hydrogen (secondary N) is 2. The summed E-state index contributed by atoms with van der Waals surface area (Å²) in [6.07, 6.45) is 6.07. The Morgan fingerprint density at radius 2 is 1.75 bits per heavy atom. The van der Waals surface area contributed by atoms with E-state index in [0.29, 0.717) is 40.5 Å². The number of halogens is 1. The largest absolute Gasteiger partial charge is 0.456 e. The normalized spacial score (nSPS) is 19.9. The van der Waals surface area contributed by atoms with Crippen LogP contribution in [0.5, 0.6) is 0 Å². The third-order valence-electron chi connectivity index (χ3n) is 8.88. The average molecular weight is 712 g/mol. The first-order chi connectivity index (χ1) is 24.5. The Morgan fingerprint density at radius 3 is 2.43 bits per heavy atom. The van der Waals surface area contributed by atoms with Crippen molar-refractivity contribution in [2.45, 2.75) is 69.8 Å². The molecule has 3 aromatic carbocycles. The fraction of sp³-hybridized carbons (Fsp3) is 0.368. The van der Waals surface area contributed by atoms with Gasteiger partial charge in [-0.05, 0) is 118 Å². The van der Waals surface area contributed by atoms with Gasteiger partial charge in [-0.1, -0.05) is 41.9 Å². The number of carbonyl (C=O) groups excluding carboxylic acids is 3. The van der Waals surface area contributed by atoms with E-state index >= 15 is 0 Å². The van der Waals surface area contributed by atoms with Gasteiger partial charge in [-0.2, -0.15) is 4.68 Å². The fourth-order valence-corrected chi connectivity index (χ4v) is 6.67. The van der Waals surface area contributed by atoms with Crippen LogP contribution in [0.15, 0.2) is 85.2 Å². The first kappa shape index (κ1) is 35.9. The minimum absolute atomic E-state index is 0.0630. The van der Waals surface area contributed by atoms with E-state index in [-0.39, 0.29) is 23.8 Å². The first-order valence-corrected chi connectivity index (χ1v) is 17.5. The lowest BCUT2D eigenvalue weighted by atomic mass is 9.84. The number of ether oxygens (including phenoxy) is 2. The van der Waals surface area contributed by atoms with Gasteiger partial charge in [-0.25, -0.2) is 4.79 Å². The molecule has 2 aliphatic rings. The number of hydrogen-bond acceptors (Lipinski definition) is 9. The molecule has 6 rings (SSSR count). The summed E-state index contributed by atoms with van der Waals surface area (Å²) in [6, 6.07) is 20.8. The summed E-state index contributed by atoms with van der Waals surface area (Å²) in [5, 5.41) is 18.3. The molecule has 0 bridgehead atoms. The van der Waals surface area contributed by atoms with Gasteiger partial charge in [0.25, 0.3) is 0 Å². The molecule has 0 saturated carbocycles. The first-order valence-electron chi connectivity index (χ1n) is 17.1. The predicted octanol–water partition coefficient (Wildman–Crippen LogP) is 5.44. The highest BCUT2D eigenvalue weighted by molar-refractivity contribution is 6.30. The van der Waals surface area contributed by atoms with Gasteiger partial charge in [0.1, 0.15) is 18.0 Å². The van der Waals surface area contributed by atoms with E-state index in [0.717, 1.165) is 31.5 Å². The van der Waals surface area contributed by atoms with Crippen LogP contribution in [-0.2, 0) is 19.1 Å². The van der Waals surface area contributed by atoms with E-state index in [1.165, 1.54) is 17.1 Å². The Labute approximate surface area is 302 Å². The molecule has 2 fully saturated rings. The Hall–Kier alpha value is -4.91. The van der Waals surface area contributed by atoms with Crippen LogP contribution in [0.4, 0.5) is 5.69 Å². The molecule has 2 amide bonds. The maximum atomic E-state index is 14.4. The maximum Gasteiger partial charge on any atom is 0.338 e. The number of likely N-dealkylation sites (tertiary alicyclic amines) is 1. The molecular formula is C38H42ClN7O5. The van der Waals surface area contributed by atoms with E-state index in [1.807, 2.05) is 30.3 Å². The zero-order valence-corrected chi connectivity index (χ0v) is 29.6. The van der Waals surface area contributed by atoms with Crippen molar-refractivity contribution in [1.82, 2.24) is 30.4 Å². The van der Waals surface area contributed by atoms with Crippen molar-refractivity contribution in [3.63, 3.8) is 0 Å². The molecule has 2 N–H and O–H groups in total. The van der Waals surface area contributed by atoms with Crippen molar-refractivity contribution in [3.05, 3.63) is 107 Å². The number of hydrogen-bond donors (Lipinski definition) is 2. The fourth-order valence-electron chi connectivity index (χ4n) is 6.49. The van der Waals surface area contributed by atoms with Gasteiger partial charge in [0, 0.05) is 34.8 Å². The average Bonchev–Trinajstić information content (AvgIpc) is 3.66. The highest BCUT2D eigenvalue weighted by Crippen LogP contribution is 2.35. The Morgan fingerprint density at radius 1 is 1.00 bits per heavy atom. The topological polar surface area (TPSA) is 141 Å². The van der Waals surface area contributed by atoms with Gasteiger partial charge in [0.2, 0.25) is 11.8 Å². The number of benzene rings is 3. The molecule has 0 radical (unpaired) electrons. The molecule has 4 aromatic rings. The molecule has 3 atom stereocenters. The van der Waals surface area contributed by atoms with E-state index in [9.17, 15) is 14.4 Å². The Bertz CT molecular complexity index is 1840. The Balaban J connectivity index is 1.32. The third kappa shape index (κ3) is 9.26. The predicted molar refractivity (Wildman–Crippen MR) is 194 cm³/mol. The minimum Gasteiger partial charge on any atom is -0.456 e. The summed E-state index contributed by atoms with van der Waals surface area (Å²) < 4.78 is 13.7. The number of tetrazole rings is 1. The van der Waals surface area contributed by atoms with Gasteiger partial charge in [-0.3, -0.25) is 9.59 Å². The van der Waals surface area contributed by atoms with Crippen LogP contribution in [0.2, 0.25) is 5.02 Å². The second-order valence-corrected chi connectivity index (χ2v) is 14.2. The molecule has 0 aliphatic carbocycles. The number of nitrogens with zero attached hydrogens (tertiary/aromatic N) is 5. The monoisotopic (exact) mass is 711 g/mol. The van der Waals surface area contributed by atoms with Crippen molar-refractivity contribution in [1.29, 1.82) is 0 Å². The second-order valence-electron chi connectivity index (χ2n) is 13.8. The molecule has 1 aromatic heterocycles. The number of aromatic nitrogens is 4. The molecule has 3 heterocycles. The van der Waals surface area contributed by atoms with Crippen molar-refractivity contribution < 1.29 is 23.9 Å². The lowest BCUT2D eigenvalue weighted by Gasteiger charge is -2.44. The quantitative estimate of drug-likeness (QED) is 0.171. The Kier molecular flexibility index (Phi) is 11.2. The maximum absolute atomic E-state index is 14.4. The lowest BCUT2D eigenvalue weighted by Crippen LogP contribution is -2.59. The number of amides is 2. The van der Waals surface area contributed by atoms with Gasteiger partial charge >= 0.3 is 5.97 Å². The summed E-state index contributed by atoms with van der Waals surface area (Å²) in [5.74, 6) is -1.28. The SMILES string of the molecule is CC(C)(C)OC(=O)c1ccc(NC(=O)[C@@H]2[C@H](OC3CCNCC3)C[C@H](c3ccccc3)CN2C(=O)/C=C/c2cc(Cl)ccc2-n2cnnn2)cc1. The molecule has 266 valence electrons. The van der Waals surface area contributed by atoms with Crippen molar-refractivity contribution in [3.8, 4) is 5.69 Å². The molecule has 13 heteroatoms. The lowest BCUT2D eigenvalue weighted by molar-refractivity contribution is -0.150. The van der Waals surface area contributed by atoms with Gasteiger partial charge < -0.3 is 25.0 Å². The molecule has 0 spiro atoms. The highest BCUT2D eigenvalue weighted by Gasteiger charge is 2.44. The molecule has 51 heavy (non-hydrogen) atoms. The van der Waals surface area contributed by atoms with E-state index in [4.69, 9.17) is 21.1 Å². The van der Waals surface area contributed by atoms with Crippen LogP contribution in [0, 0.1) is 0 Å². The van der Waals surface area contributed by atoms with E-state index in [1.54, 1.807) is 74.2 Å². The van der Waals surface area contributed by atoms with Crippen LogP contribution in [0.1, 0.15) is 67.4 Å². The van der Waals surface area contributed by atoms with Gasteiger partial charge in [0.05, 0.1) is 23.5 Å². The second kappa shape index (κ2) is 16.0. The number of carbonyl (C=O) groups is 3. The zero-order valence-electron chi connectivity index (χ0n) is 28.9. The van der Waals surface area contributed by atoms with Crippen LogP contribution < -0.4 is 10.6 Å². The molecule has 0 unspecified atom stereocenters. The van der Waals surface area contributed by atoms with Crippen molar-refractivity contribution in [2.24, 2.45) is 0 Å². The highest BCUT2D eigenvalue weighted by atomic mass is 35.5. The standard InChI is InChI=1S/C38H42ClN7O5/c1-38(2,3)51-37(49)26-9-13-30(14-10-26)42-36(48)35-33(50-31-17-19-40-20-18-31)22-28(25-7-5-4-6-8-25)23-45(35)34(47)16-11-27-21-29(39)12-15-32(27)46-24-41-43-44-46/h4-16,21,24,28,31,33,35,40H,17-20,22-23H2,1-3H3,(H,42,48)/b16-11+/t28-,33+,35-/m0/s1. The molecule has 2 aliphatic heterocycles. The molecule has 2 saturated heterocycles. The van der Waals surface area contributed by atoms with Crippen molar-refractivity contribution >= 4 is 41.1 Å². The van der Waals surface area contributed by atoms with E-state index < -0.39 is 23.7 Å². The number of piperidine rings is 2. The smallest absolute Gasteiger partial charge is 0.338 e. The van der Waals surface area contributed by atoms with Gasteiger partial charge in [-0.15, -0.1) is 5.10 Å². The van der Waals surface area contributed by atoms with Crippen LogP contribution in [-0.4, -0.2) is 86.4 Å².